The van der Waals surface area contributed by atoms with Crippen LogP contribution in [0.5, 0.6) is 0 Å². The lowest BCUT2D eigenvalue weighted by molar-refractivity contribution is -0.909. The molecule has 1 amide bonds. The summed E-state index contributed by atoms with van der Waals surface area (Å²) >= 11 is 0. The average Bonchev–Trinajstić information content (AvgIpc) is 2.38. The Bertz CT molecular complexity index is 288. The highest BCUT2D eigenvalue weighted by molar-refractivity contribution is 5.91. The van der Waals surface area contributed by atoms with Crippen LogP contribution in [0, 0.1) is 0 Å². The monoisotopic (exact) mass is 285 g/mol. The Morgan fingerprint density at radius 2 is 1.90 bits per heavy atom. The van der Waals surface area contributed by atoms with Crippen molar-refractivity contribution < 1.29 is 14.0 Å². The molecule has 4 nitrogen and oxygen atoms in total. The van der Waals surface area contributed by atoms with Gasteiger partial charge in [-0.25, -0.2) is 0 Å². The maximum atomic E-state index is 11.3. The van der Waals surface area contributed by atoms with Gasteiger partial charge in [-0.15, -0.1) is 0 Å². The van der Waals surface area contributed by atoms with Gasteiger partial charge in [0, 0.05) is 18.5 Å². The molecule has 0 spiro atoms. The zero-order valence-corrected chi connectivity index (χ0v) is 13.8. The largest absolute Gasteiger partial charge is 0.352 e. The summed E-state index contributed by atoms with van der Waals surface area (Å²) in [6, 6.07) is 0. The summed E-state index contributed by atoms with van der Waals surface area (Å²) in [6.45, 7) is 10.8. The van der Waals surface area contributed by atoms with Gasteiger partial charge in [-0.2, -0.15) is 0 Å². The van der Waals surface area contributed by atoms with Gasteiger partial charge in [0.15, 0.2) is 6.73 Å². The fourth-order valence-electron chi connectivity index (χ4n) is 1.87. The first-order chi connectivity index (χ1) is 9.39. The molecule has 0 aliphatic carbocycles. The quantitative estimate of drug-likeness (QED) is 0.259. The van der Waals surface area contributed by atoms with Gasteiger partial charge in [-0.05, 0) is 13.3 Å². The minimum Gasteiger partial charge on any atom is -0.352 e. The topological polar surface area (TPSA) is 38.3 Å². The maximum absolute atomic E-state index is 11.3. The molecular formula is C16H33N2O2+. The van der Waals surface area contributed by atoms with Gasteiger partial charge in [0.25, 0.3) is 0 Å². The lowest BCUT2D eigenvalue weighted by Crippen LogP contribution is -2.43. The zero-order chi connectivity index (χ0) is 15.4. The number of ether oxygens (including phenoxy) is 1. The number of rotatable bonds is 12. The summed E-state index contributed by atoms with van der Waals surface area (Å²) in [7, 11) is 4.32. The van der Waals surface area contributed by atoms with Crippen LogP contribution in [0.4, 0.5) is 0 Å². The van der Waals surface area contributed by atoms with E-state index in [-0.39, 0.29) is 5.91 Å². The van der Waals surface area contributed by atoms with E-state index in [1.165, 1.54) is 19.3 Å². The van der Waals surface area contributed by atoms with Gasteiger partial charge in [-0.3, -0.25) is 4.79 Å². The molecule has 0 aromatic rings. The Hall–Kier alpha value is -0.870. The molecule has 0 aliphatic heterocycles. The third kappa shape index (κ3) is 11.0. The molecule has 0 radical (unpaired) electrons. The fraction of sp³-hybridized carbons (Fsp3) is 0.812. The fourth-order valence-corrected chi connectivity index (χ4v) is 1.87. The third-order valence-corrected chi connectivity index (χ3v) is 3.20. The molecule has 0 saturated heterocycles. The number of unbranched alkanes of at least 4 members (excludes halogenated alkanes) is 3. The normalized spacial score (nSPS) is 11.4. The second kappa shape index (κ2) is 10.9. The Balaban J connectivity index is 3.58. The smallest absolute Gasteiger partial charge is 0.246 e. The van der Waals surface area contributed by atoms with Crippen molar-refractivity contribution in [1.29, 1.82) is 0 Å². The molecule has 0 aromatic heterocycles. The zero-order valence-electron chi connectivity index (χ0n) is 13.8. The van der Waals surface area contributed by atoms with Gasteiger partial charge < -0.3 is 14.5 Å². The molecule has 0 rings (SSSR count). The van der Waals surface area contributed by atoms with E-state index in [9.17, 15) is 4.79 Å². The molecule has 118 valence electrons. The maximum Gasteiger partial charge on any atom is 0.246 e. The molecule has 20 heavy (non-hydrogen) atoms. The highest BCUT2D eigenvalue weighted by Crippen LogP contribution is 2.03. The number of hydrogen-bond acceptors (Lipinski definition) is 2. The van der Waals surface area contributed by atoms with Crippen molar-refractivity contribution in [3.8, 4) is 0 Å². The van der Waals surface area contributed by atoms with Crippen molar-refractivity contribution in [2.75, 3.05) is 40.5 Å². The molecule has 1 N–H and O–H groups in total. The van der Waals surface area contributed by atoms with E-state index in [0.717, 1.165) is 37.2 Å². The molecule has 4 heteroatoms. The summed E-state index contributed by atoms with van der Waals surface area (Å²) in [5.41, 5.74) is 0.564. The first kappa shape index (κ1) is 19.1. The summed E-state index contributed by atoms with van der Waals surface area (Å²) in [6.07, 6.45) is 5.92. The van der Waals surface area contributed by atoms with Gasteiger partial charge in [0.1, 0.15) is 0 Å². The highest BCUT2D eigenvalue weighted by atomic mass is 16.5. The number of nitrogens with zero attached hydrogens (tertiary/aromatic N) is 1. The van der Waals surface area contributed by atoms with E-state index < -0.39 is 0 Å². The highest BCUT2D eigenvalue weighted by Gasteiger charge is 2.14. The van der Waals surface area contributed by atoms with Gasteiger partial charge in [0.05, 0.1) is 27.2 Å². The number of amides is 1. The lowest BCUT2D eigenvalue weighted by Gasteiger charge is -2.29. The van der Waals surface area contributed by atoms with E-state index in [0.29, 0.717) is 12.1 Å². The van der Waals surface area contributed by atoms with Crippen molar-refractivity contribution >= 4 is 5.91 Å². The van der Waals surface area contributed by atoms with Crippen LogP contribution >= 0.6 is 0 Å². The number of carbonyl (C=O) groups excluding carboxylic acids is 1. The van der Waals surface area contributed by atoms with Crippen molar-refractivity contribution in [3.63, 3.8) is 0 Å². The number of carbonyl (C=O) groups is 1. The van der Waals surface area contributed by atoms with Crippen molar-refractivity contribution in [1.82, 2.24) is 5.32 Å². The minimum atomic E-state index is -0.0533. The lowest BCUT2D eigenvalue weighted by atomic mass is 10.2. The van der Waals surface area contributed by atoms with Gasteiger partial charge in [-0.1, -0.05) is 32.8 Å². The Labute approximate surface area is 124 Å². The number of quaternary nitrogens is 1. The Morgan fingerprint density at radius 1 is 1.20 bits per heavy atom. The van der Waals surface area contributed by atoms with Crippen LogP contribution in [0.25, 0.3) is 0 Å². The Kier molecular flexibility index (Phi) is 10.4. The van der Waals surface area contributed by atoms with Crippen LogP contribution in [-0.2, 0) is 9.53 Å². The van der Waals surface area contributed by atoms with E-state index in [2.05, 4.69) is 32.9 Å². The molecule has 0 aliphatic rings. The number of nitrogens with one attached hydrogen (secondary N) is 1. The van der Waals surface area contributed by atoms with Crippen molar-refractivity contribution in [3.05, 3.63) is 12.2 Å². The van der Waals surface area contributed by atoms with Crippen molar-refractivity contribution in [2.24, 2.45) is 0 Å². The van der Waals surface area contributed by atoms with Gasteiger partial charge >= 0.3 is 0 Å². The summed E-state index contributed by atoms with van der Waals surface area (Å²) in [5, 5.41) is 2.86. The summed E-state index contributed by atoms with van der Waals surface area (Å²) in [4.78, 5) is 11.3. The van der Waals surface area contributed by atoms with Crippen LogP contribution in [0.15, 0.2) is 12.2 Å². The molecule has 0 atom stereocenters. The van der Waals surface area contributed by atoms with Crippen LogP contribution in [-0.4, -0.2) is 50.9 Å². The SMILES string of the molecule is C=C(C)C(=O)NCCC[N+](C)(C)COCCCCCC. The second-order valence-corrected chi connectivity index (χ2v) is 6.15. The molecule has 0 unspecified atom stereocenters. The molecule has 0 heterocycles. The predicted octanol–water partition coefficient (Wildman–Crippen LogP) is 2.70. The van der Waals surface area contributed by atoms with Crippen LogP contribution < -0.4 is 5.32 Å². The van der Waals surface area contributed by atoms with E-state index in [1.807, 2.05) is 0 Å². The molecular weight excluding hydrogens is 252 g/mol. The first-order valence-electron chi connectivity index (χ1n) is 7.72. The first-order valence-corrected chi connectivity index (χ1v) is 7.72. The van der Waals surface area contributed by atoms with Gasteiger partial charge in [0.2, 0.25) is 5.91 Å². The van der Waals surface area contributed by atoms with E-state index >= 15 is 0 Å². The standard InChI is InChI=1S/C16H32N2O2/c1-6-7-8-9-13-20-14-18(4,5)12-10-11-17-16(19)15(2)3/h2,6-14H2,1,3-5H3/p+1. The average molecular weight is 285 g/mol. The summed E-state index contributed by atoms with van der Waals surface area (Å²) in [5.74, 6) is -0.0533. The predicted molar refractivity (Wildman–Crippen MR) is 84.4 cm³/mol. The minimum absolute atomic E-state index is 0.0533. The second-order valence-electron chi connectivity index (χ2n) is 6.15. The third-order valence-electron chi connectivity index (χ3n) is 3.20. The molecule has 0 saturated carbocycles. The Morgan fingerprint density at radius 3 is 2.50 bits per heavy atom. The van der Waals surface area contributed by atoms with Crippen LogP contribution in [0.2, 0.25) is 0 Å². The molecule has 0 aromatic carbocycles. The van der Waals surface area contributed by atoms with E-state index in [4.69, 9.17) is 4.74 Å². The van der Waals surface area contributed by atoms with Crippen LogP contribution in [0.3, 0.4) is 0 Å². The molecule has 0 bridgehead atoms. The summed E-state index contributed by atoms with van der Waals surface area (Å²) < 4.78 is 6.56. The number of hydrogen-bond donors (Lipinski definition) is 1. The van der Waals surface area contributed by atoms with Crippen LogP contribution in [0.1, 0.15) is 46.0 Å². The van der Waals surface area contributed by atoms with E-state index in [1.54, 1.807) is 6.92 Å². The molecule has 0 fully saturated rings. The van der Waals surface area contributed by atoms with Crippen molar-refractivity contribution in [2.45, 2.75) is 46.0 Å².